The van der Waals surface area contributed by atoms with Crippen LogP contribution in [0.2, 0.25) is 0 Å². The molecule has 0 saturated heterocycles. The molecule has 1 N–H and O–H groups in total. The van der Waals surface area contributed by atoms with Gasteiger partial charge in [-0.1, -0.05) is 48.6 Å². The Balaban J connectivity index is 2.12. The SMILES string of the molecule is CN(C)CCC=C1c2ccccc2C=Cc2cc(O)ccc21. The summed E-state index contributed by atoms with van der Waals surface area (Å²) in [5.74, 6) is 0.307. The molecule has 1 aliphatic rings. The Labute approximate surface area is 132 Å². The van der Waals surface area contributed by atoms with Gasteiger partial charge in [-0.05, 0) is 60.5 Å². The number of benzene rings is 2. The fourth-order valence-corrected chi connectivity index (χ4v) is 2.83. The third-order valence-corrected chi connectivity index (χ3v) is 3.94. The molecule has 0 fully saturated rings. The van der Waals surface area contributed by atoms with Crippen LogP contribution in [0, 0.1) is 0 Å². The first-order valence-corrected chi connectivity index (χ1v) is 7.61. The fourth-order valence-electron chi connectivity index (χ4n) is 2.83. The van der Waals surface area contributed by atoms with Gasteiger partial charge in [0.15, 0.2) is 0 Å². The summed E-state index contributed by atoms with van der Waals surface area (Å²) in [6.45, 7) is 1.02. The van der Waals surface area contributed by atoms with Crippen molar-refractivity contribution in [2.45, 2.75) is 6.42 Å². The lowest BCUT2D eigenvalue weighted by atomic mass is 9.92. The van der Waals surface area contributed by atoms with Gasteiger partial charge in [0, 0.05) is 6.54 Å². The Morgan fingerprint density at radius 3 is 2.50 bits per heavy atom. The summed E-state index contributed by atoms with van der Waals surface area (Å²) in [5.41, 5.74) is 5.96. The van der Waals surface area contributed by atoms with E-state index in [1.54, 1.807) is 6.07 Å². The summed E-state index contributed by atoms with van der Waals surface area (Å²) in [5, 5.41) is 9.77. The molecule has 0 amide bonds. The molecule has 1 aliphatic carbocycles. The first-order chi connectivity index (χ1) is 10.6. The van der Waals surface area contributed by atoms with E-state index >= 15 is 0 Å². The van der Waals surface area contributed by atoms with E-state index in [0.29, 0.717) is 5.75 Å². The third kappa shape index (κ3) is 2.97. The second kappa shape index (κ2) is 6.20. The predicted octanol–water partition coefficient (Wildman–Crippen LogP) is 4.26. The maximum absolute atomic E-state index is 9.77. The molecule has 2 heteroatoms. The van der Waals surface area contributed by atoms with Crippen LogP contribution in [0.25, 0.3) is 17.7 Å². The molecule has 0 bridgehead atoms. The first-order valence-electron chi connectivity index (χ1n) is 7.61. The van der Waals surface area contributed by atoms with Gasteiger partial charge < -0.3 is 10.0 Å². The molecule has 0 heterocycles. The molecule has 0 aromatic heterocycles. The van der Waals surface area contributed by atoms with Gasteiger partial charge in [0.1, 0.15) is 5.75 Å². The van der Waals surface area contributed by atoms with E-state index in [9.17, 15) is 5.11 Å². The molecule has 0 radical (unpaired) electrons. The number of fused-ring (bicyclic) bond motifs is 2. The van der Waals surface area contributed by atoms with Crippen molar-refractivity contribution in [3.05, 3.63) is 70.8 Å². The number of aromatic hydroxyl groups is 1. The van der Waals surface area contributed by atoms with E-state index < -0.39 is 0 Å². The summed E-state index contributed by atoms with van der Waals surface area (Å²) in [4.78, 5) is 2.19. The van der Waals surface area contributed by atoms with Gasteiger partial charge >= 0.3 is 0 Å². The lowest BCUT2D eigenvalue weighted by molar-refractivity contribution is 0.417. The molecule has 0 spiro atoms. The van der Waals surface area contributed by atoms with E-state index in [-0.39, 0.29) is 0 Å². The quantitative estimate of drug-likeness (QED) is 0.779. The standard InChI is InChI=1S/C20H21NO/c1-21(2)13-5-8-20-18-7-4-3-6-15(18)9-10-16-14-17(22)11-12-19(16)20/h3-4,6-12,14,22H,5,13H2,1-2H3. The van der Waals surface area contributed by atoms with E-state index in [1.165, 1.54) is 22.3 Å². The Kier molecular flexibility index (Phi) is 4.12. The minimum Gasteiger partial charge on any atom is -0.508 e. The van der Waals surface area contributed by atoms with Crippen molar-refractivity contribution in [2.24, 2.45) is 0 Å². The topological polar surface area (TPSA) is 23.5 Å². The summed E-state index contributed by atoms with van der Waals surface area (Å²) in [6, 6.07) is 14.1. The number of nitrogens with zero attached hydrogens (tertiary/aromatic N) is 1. The van der Waals surface area contributed by atoms with Crippen LogP contribution in [0.3, 0.4) is 0 Å². The summed E-state index contributed by atoms with van der Waals surface area (Å²) < 4.78 is 0. The number of phenols is 1. The number of hydrogen-bond acceptors (Lipinski definition) is 2. The molecule has 22 heavy (non-hydrogen) atoms. The van der Waals surface area contributed by atoms with Crippen molar-refractivity contribution in [3.8, 4) is 5.75 Å². The predicted molar refractivity (Wildman–Crippen MR) is 93.7 cm³/mol. The van der Waals surface area contributed by atoms with E-state index in [2.05, 4.69) is 61.5 Å². The van der Waals surface area contributed by atoms with E-state index in [1.807, 2.05) is 12.1 Å². The van der Waals surface area contributed by atoms with Gasteiger partial charge in [-0.3, -0.25) is 0 Å². The van der Waals surface area contributed by atoms with Gasteiger partial charge in [-0.15, -0.1) is 0 Å². The minimum absolute atomic E-state index is 0.307. The number of rotatable bonds is 3. The van der Waals surface area contributed by atoms with Gasteiger partial charge in [0.05, 0.1) is 0 Å². The van der Waals surface area contributed by atoms with E-state index in [0.717, 1.165) is 18.5 Å². The highest BCUT2D eigenvalue weighted by molar-refractivity contribution is 5.93. The van der Waals surface area contributed by atoms with Gasteiger partial charge in [-0.2, -0.15) is 0 Å². The van der Waals surface area contributed by atoms with Gasteiger partial charge in [0.25, 0.3) is 0 Å². The molecule has 2 nitrogen and oxygen atoms in total. The zero-order valence-corrected chi connectivity index (χ0v) is 13.1. The normalized spacial score (nSPS) is 14.8. The van der Waals surface area contributed by atoms with Crippen molar-refractivity contribution in [1.29, 1.82) is 0 Å². The molecule has 112 valence electrons. The Hall–Kier alpha value is -2.32. The fraction of sp³-hybridized carbons (Fsp3) is 0.200. The largest absolute Gasteiger partial charge is 0.508 e. The van der Waals surface area contributed by atoms with Crippen LogP contribution in [0.15, 0.2) is 48.5 Å². The van der Waals surface area contributed by atoms with E-state index in [4.69, 9.17) is 0 Å². The van der Waals surface area contributed by atoms with Crippen molar-refractivity contribution in [1.82, 2.24) is 4.90 Å². The highest BCUT2D eigenvalue weighted by atomic mass is 16.3. The molecule has 0 unspecified atom stereocenters. The second-order valence-corrected chi connectivity index (χ2v) is 5.90. The number of hydrogen-bond donors (Lipinski definition) is 1. The van der Waals surface area contributed by atoms with Crippen LogP contribution in [0.1, 0.15) is 28.7 Å². The zero-order valence-electron chi connectivity index (χ0n) is 13.1. The number of phenolic OH excluding ortho intramolecular Hbond substituents is 1. The lowest BCUT2D eigenvalue weighted by Gasteiger charge is -2.13. The van der Waals surface area contributed by atoms with Crippen LogP contribution in [0.4, 0.5) is 0 Å². The van der Waals surface area contributed by atoms with Crippen LogP contribution in [-0.2, 0) is 0 Å². The molecule has 0 saturated carbocycles. The summed E-state index contributed by atoms with van der Waals surface area (Å²) in [7, 11) is 4.18. The average Bonchev–Trinajstić information content (AvgIpc) is 2.64. The molecule has 0 atom stereocenters. The Morgan fingerprint density at radius 1 is 0.955 bits per heavy atom. The van der Waals surface area contributed by atoms with Crippen LogP contribution in [-0.4, -0.2) is 30.6 Å². The van der Waals surface area contributed by atoms with Crippen molar-refractivity contribution < 1.29 is 5.11 Å². The monoisotopic (exact) mass is 291 g/mol. The van der Waals surface area contributed by atoms with Gasteiger partial charge in [0.2, 0.25) is 0 Å². The Morgan fingerprint density at radius 2 is 1.68 bits per heavy atom. The van der Waals surface area contributed by atoms with Gasteiger partial charge in [-0.25, -0.2) is 0 Å². The molecular formula is C20H21NO. The first kappa shape index (κ1) is 14.6. The molecule has 0 aliphatic heterocycles. The smallest absolute Gasteiger partial charge is 0.116 e. The maximum Gasteiger partial charge on any atom is 0.116 e. The third-order valence-electron chi connectivity index (χ3n) is 3.94. The molecular weight excluding hydrogens is 270 g/mol. The average molecular weight is 291 g/mol. The molecule has 2 aromatic carbocycles. The highest BCUT2D eigenvalue weighted by Gasteiger charge is 2.14. The van der Waals surface area contributed by atoms with Crippen LogP contribution >= 0.6 is 0 Å². The van der Waals surface area contributed by atoms with Crippen molar-refractivity contribution in [2.75, 3.05) is 20.6 Å². The maximum atomic E-state index is 9.77. The second-order valence-electron chi connectivity index (χ2n) is 5.90. The van der Waals surface area contributed by atoms with Crippen molar-refractivity contribution >= 4 is 17.7 Å². The van der Waals surface area contributed by atoms with Crippen LogP contribution in [0.5, 0.6) is 5.75 Å². The zero-order chi connectivity index (χ0) is 15.5. The molecule has 2 aromatic rings. The van der Waals surface area contributed by atoms with Crippen molar-refractivity contribution in [3.63, 3.8) is 0 Å². The lowest BCUT2D eigenvalue weighted by Crippen LogP contribution is -2.12. The minimum atomic E-state index is 0.307. The molecule has 3 rings (SSSR count). The summed E-state index contributed by atoms with van der Waals surface area (Å²) in [6.07, 6.45) is 7.51. The Bertz CT molecular complexity index is 741. The highest BCUT2D eigenvalue weighted by Crippen LogP contribution is 2.35. The van der Waals surface area contributed by atoms with Crippen LogP contribution < -0.4 is 0 Å². The summed E-state index contributed by atoms with van der Waals surface area (Å²) >= 11 is 0.